The maximum absolute atomic E-state index is 12.3. The fourth-order valence-electron chi connectivity index (χ4n) is 2.45. The lowest BCUT2D eigenvalue weighted by molar-refractivity contribution is -0.121. The van der Waals surface area contributed by atoms with Crippen LogP contribution in [0.15, 0.2) is 29.6 Å². The van der Waals surface area contributed by atoms with Crippen LogP contribution in [0.3, 0.4) is 0 Å². The van der Waals surface area contributed by atoms with Gasteiger partial charge >= 0.3 is 0 Å². The number of anilines is 1. The summed E-state index contributed by atoms with van der Waals surface area (Å²) in [5.74, 6) is -0.137. The normalized spacial score (nSPS) is 10.7. The van der Waals surface area contributed by atoms with Crippen LogP contribution in [0, 0.1) is 13.8 Å². The topological polar surface area (TPSA) is 96.2 Å². The summed E-state index contributed by atoms with van der Waals surface area (Å²) in [4.78, 5) is 28.5. The van der Waals surface area contributed by atoms with E-state index in [0.717, 1.165) is 23.2 Å². The van der Waals surface area contributed by atoms with Crippen molar-refractivity contribution in [3.8, 4) is 0 Å². The maximum Gasteiger partial charge on any atom is 0.240 e. The number of carbonyl (C=O) groups excluding carboxylic acids is 2. The second kappa shape index (κ2) is 10.1. The van der Waals surface area contributed by atoms with Crippen molar-refractivity contribution < 1.29 is 14.7 Å². The fraction of sp³-hybridized carbons (Fsp3) is 0.421. The third-order valence-corrected chi connectivity index (χ3v) is 4.93. The molecule has 3 N–H and O–H groups in total. The Morgan fingerprint density at radius 2 is 2.04 bits per heavy atom. The molecule has 0 aliphatic heterocycles. The van der Waals surface area contributed by atoms with Crippen LogP contribution in [-0.4, -0.2) is 38.8 Å². The molecule has 1 aromatic carbocycles. The van der Waals surface area contributed by atoms with E-state index in [4.69, 9.17) is 0 Å². The number of aliphatic hydroxyl groups is 1. The van der Waals surface area contributed by atoms with Crippen molar-refractivity contribution in [1.82, 2.24) is 14.9 Å². The summed E-state index contributed by atoms with van der Waals surface area (Å²) in [6, 6.07) is 5.89. The third kappa shape index (κ3) is 6.11. The average Bonchev–Trinajstić information content (AvgIpc) is 3.03. The summed E-state index contributed by atoms with van der Waals surface area (Å²) >= 11 is 1.24. The highest BCUT2D eigenvalue weighted by Crippen LogP contribution is 2.21. The van der Waals surface area contributed by atoms with Crippen molar-refractivity contribution >= 4 is 29.3 Å². The highest BCUT2D eigenvalue weighted by Gasteiger charge is 2.15. The monoisotopic (exact) mass is 390 g/mol. The van der Waals surface area contributed by atoms with E-state index in [1.165, 1.54) is 18.0 Å². The van der Waals surface area contributed by atoms with Gasteiger partial charge < -0.3 is 20.3 Å². The summed E-state index contributed by atoms with van der Waals surface area (Å²) in [6.07, 6.45) is 2.38. The van der Waals surface area contributed by atoms with Gasteiger partial charge in [0.1, 0.15) is 6.54 Å². The van der Waals surface area contributed by atoms with Gasteiger partial charge in [-0.3, -0.25) is 9.59 Å². The van der Waals surface area contributed by atoms with Gasteiger partial charge in [0.05, 0.1) is 24.3 Å². The number of aliphatic hydroxyl groups excluding tert-OH is 1. The molecule has 0 saturated carbocycles. The van der Waals surface area contributed by atoms with Gasteiger partial charge in [0.25, 0.3) is 0 Å². The molecular formula is C19H26N4O3S. The zero-order valence-electron chi connectivity index (χ0n) is 15.9. The van der Waals surface area contributed by atoms with Gasteiger partial charge in [-0.1, -0.05) is 30.8 Å². The summed E-state index contributed by atoms with van der Waals surface area (Å²) in [5.41, 5.74) is 3.40. The molecule has 0 aliphatic rings. The number of aryl methyl sites for hydroxylation is 2. The molecule has 0 spiro atoms. The zero-order chi connectivity index (χ0) is 19.8. The number of amides is 2. The summed E-state index contributed by atoms with van der Waals surface area (Å²) < 4.78 is 1.64. The lowest BCUT2D eigenvalue weighted by Gasteiger charge is -2.11. The van der Waals surface area contributed by atoms with Crippen LogP contribution in [-0.2, 0) is 22.7 Å². The Labute approximate surface area is 163 Å². The van der Waals surface area contributed by atoms with Crippen molar-refractivity contribution in [2.24, 2.45) is 0 Å². The minimum Gasteiger partial charge on any atom is -0.390 e. The molecule has 0 unspecified atom stereocenters. The highest BCUT2D eigenvalue weighted by atomic mass is 32.2. The molecule has 146 valence electrons. The number of nitrogens with one attached hydrogen (secondary N) is 2. The molecule has 0 bridgehead atoms. The molecule has 0 radical (unpaired) electrons. The molecule has 0 saturated heterocycles. The SMILES string of the molecule is CCCNC(=O)Cn1c(CO)cnc1SCC(=O)Nc1cc(C)ccc1C. The Morgan fingerprint density at radius 1 is 1.26 bits per heavy atom. The Balaban J connectivity index is 2.00. The van der Waals surface area contributed by atoms with Crippen LogP contribution in [0.4, 0.5) is 5.69 Å². The van der Waals surface area contributed by atoms with E-state index < -0.39 is 0 Å². The van der Waals surface area contributed by atoms with E-state index in [1.54, 1.807) is 4.57 Å². The summed E-state index contributed by atoms with van der Waals surface area (Å²) in [5, 5.41) is 15.7. The molecule has 0 fully saturated rings. The molecule has 27 heavy (non-hydrogen) atoms. The van der Waals surface area contributed by atoms with Gasteiger partial charge in [-0.25, -0.2) is 4.98 Å². The van der Waals surface area contributed by atoms with Crippen LogP contribution in [0.25, 0.3) is 0 Å². The molecule has 7 nitrogen and oxygen atoms in total. The number of rotatable bonds is 9. The Bertz CT molecular complexity index is 804. The number of hydrogen-bond donors (Lipinski definition) is 3. The predicted octanol–water partition coefficient (Wildman–Crippen LogP) is 2.25. The summed E-state index contributed by atoms with van der Waals surface area (Å²) in [7, 11) is 0. The molecule has 8 heteroatoms. The molecule has 0 atom stereocenters. The van der Waals surface area contributed by atoms with Crippen molar-refractivity contribution in [3.63, 3.8) is 0 Å². The van der Waals surface area contributed by atoms with Gasteiger partial charge in [-0.05, 0) is 37.5 Å². The number of benzene rings is 1. The number of aromatic nitrogens is 2. The van der Waals surface area contributed by atoms with E-state index in [1.807, 2.05) is 39.0 Å². The molecule has 1 heterocycles. The first-order valence-corrected chi connectivity index (χ1v) is 9.85. The first kappa shape index (κ1) is 21.0. The van der Waals surface area contributed by atoms with E-state index >= 15 is 0 Å². The highest BCUT2D eigenvalue weighted by molar-refractivity contribution is 7.99. The van der Waals surface area contributed by atoms with Gasteiger partial charge in [-0.2, -0.15) is 0 Å². The van der Waals surface area contributed by atoms with Crippen LogP contribution in [0.1, 0.15) is 30.2 Å². The third-order valence-electron chi connectivity index (χ3n) is 3.94. The molecule has 2 aromatic rings. The molecular weight excluding hydrogens is 364 g/mol. The standard InChI is InChI=1S/C19H26N4O3S/c1-4-7-20-17(25)10-23-15(11-24)9-21-19(23)27-12-18(26)22-16-8-13(2)5-6-14(16)3/h5-6,8-9,24H,4,7,10-12H2,1-3H3,(H,20,25)(H,22,26). The average molecular weight is 391 g/mol. The fourth-order valence-corrected chi connectivity index (χ4v) is 3.25. The minimum atomic E-state index is -0.219. The van der Waals surface area contributed by atoms with Crippen LogP contribution < -0.4 is 10.6 Å². The first-order chi connectivity index (χ1) is 12.9. The van der Waals surface area contributed by atoms with Gasteiger partial charge in [0, 0.05) is 12.2 Å². The van der Waals surface area contributed by atoms with Crippen LogP contribution in [0.5, 0.6) is 0 Å². The van der Waals surface area contributed by atoms with Crippen molar-refractivity contribution in [2.45, 2.75) is 45.5 Å². The van der Waals surface area contributed by atoms with E-state index in [0.29, 0.717) is 17.4 Å². The predicted molar refractivity (Wildman–Crippen MR) is 107 cm³/mol. The van der Waals surface area contributed by atoms with Gasteiger partial charge in [0.2, 0.25) is 11.8 Å². The molecule has 1 aromatic heterocycles. The Kier molecular flexibility index (Phi) is 7.87. The number of hydrogen-bond acceptors (Lipinski definition) is 5. The zero-order valence-corrected chi connectivity index (χ0v) is 16.7. The lowest BCUT2D eigenvalue weighted by Crippen LogP contribution is -2.29. The Hall–Kier alpha value is -2.32. The van der Waals surface area contributed by atoms with E-state index in [9.17, 15) is 14.7 Å². The minimum absolute atomic E-state index is 0.0663. The van der Waals surface area contributed by atoms with Crippen molar-refractivity contribution in [3.05, 3.63) is 41.2 Å². The van der Waals surface area contributed by atoms with Gasteiger partial charge in [0.15, 0.2) is 5.16 Å². The largest absolute Gasteiger partial charge is 0.390 e. The number of nitrogens with zero attached hydrogens (tertiary/aromatic N) is 2. The second-order valence-corrected chi connectivity index (χ2v) is 7.22. The van der Waals surface area contributed by atoms with E-state index in [2.05, 4.69) is 15.6 Å². The van der Waals surface area contributed by atoms with Gasteiger partial charge in [-0.15, -0.1) is 0 Å². The van der Waals surface area contributed by atoms with Crippen molar-refractivity contribution in [2.75, 3.05) is 17.6 Å². The lowest BCUT2D eigenvalue weighted by atomic mass is 10.1. The molecule has 2 rings (SSSR count). The smallest absolute Gasteiger partial charge is 0.240 e. The second-order valence-electron chi connectivity index (χ2n) is 6.28. The molecule has 2 amide bonds. The number of imidazole rings is 1. The van der Waals surface area contributed by atoms with Crippen LogP contribution >= 0.6 is 11.8 Å². The van der Waals surface area contributed by atoms with E-state index in [-0.39, 0.29) is 30.7 Å². The van der Waals surface area contributed by atoms with Crippen molar-refractivity contribution in [1.29, 1.82) is 0 Å². The number of thioether (sulfide) groups is 1. The van der Waals surface area contributed by atoms with Crippen LogP contribution in [0.2, 0.25) is 0 Å². The maximum atomic E-state index is 12.3. The summed E-state index contributed by atoms with van der Waals surface area (Å²) in [6.45, 7) is 6.34. The first-order valence-electron chi connectivity index (χ1n) is 8.86. The molecule has 0 aliphatic carbocycles. The number of carbonyl (C=O) groups is 2. The Morgan fingerprint density at radius 3 is 2.74 bits per heavy atom. The quantitative estimate of drug-likeness (QED) is 0.571.